The number of alkyl halides is 1. The summed E-state index contributed by atoms with van der Waals surface area (Å²) in [6, 6.07) is 9.62. The fourth-order valence-corrected chi connectivity index (χ4v) is 1.82. The SMILES string of the molecule is COc1ccc(CC(Cl)c2ncccn2)cc1. The third-order valence-corrected chi connectivity index (χ3v) is 2.79. The van der Waals surface area contributed by atoms with Crippen molar-refractivity contribution in [2.45, 2.75) is 11.8 Å². The molecule has 1 heterocycles. The molecule has 0 fully saturated rings. The third kappa shape index (κ3) is 3.17. The largest absolute Gasteiger partial charge is 0.497 e. The van der Waals surface area contributed by atoms with E-state index in [1.165, 1.54) is 0 Å². The lowest BCUT2D eigenvalue weighted by Crippen LogP contribution is -2.01. The van der Waals surface area contributed by atoms with E-state index in [1.54, 1.807) is 25.6 Å². The second kappa shape index (κ2) is 5.64. The third-order valence-electron chi connectivity index (χ3n) is 2.44. The van der Waals surface area contributed by atoms with Crippen LogP contribution >= 0.6 is 11.6 Å². The summed E-state index contributed by atoms with van der Waals surface area (Å²) in [6.07, 6.45) is 4.10. The number of nitrogens with zero attached hydrogens (tertiary/aromatic N) is 2. The topological polar surface area (TPSA) is 35.0 Å². The maximum atomic E-state index is 6.26. The van der Waals surface area contributed by atoms with Gasteiger partial charge < -0.3 is 4.74 Å². The number of halogens is 1. The van der Waals surface area contributed by atoms with Gasteiger partial charge in [-0.15, -0.1) is 11.6 Å². The van der Waals surface area contributed by atoms with Crippen LogP contribution in [0.1, 0.15) is 16.8 Å². The van der Waals surface area contributed by atoms with Crippen LogP contribution in [0, 0.1) is 0 Å². The average molecular weight is 249 g/mol. The van der Waals surface area contributed by atoms with Gasteiger partial charge in [0.1, 0.15) is 11.6 Å². The van der Waals surface area contributed by atoms with Gasteiger partial charge in [-0.1, -0.05) is 12.1 Å². The molecule has 0 saturated heterocycles. The number of methoxy groups -OCH3 is 1. The van der Waals surface area contributed by atoms with Crippen LogP contribution < -0.4 is 4.74 Å². The molecule has 3 nitrogen and oxygen atoms in total. The van der Waals surface area contributed by atoms with Crippen LogP contribution in [0.2, 0.25) is 0 Å². The Morgan fingerprint density at radius 2 is 1.82 bits per heavy atom. The Balaban J connectivity index is 2.05. The van der Waals surface area contributed by atoms with Crippen LogP contribution in [0.25, 0.3) is 0 Å². The van der Waals surface area contributed by atoms with Crippen molar-refractivity contribution in [3.05, 3.63) is 54.1 Å². The second-order valence-corrected chi connectivity index (χ2v) is 4.15. The highest BCUT2D eigenvalue weighted by Crippen LogP contribution is 2.22. The molecular formula is C13H13ClN2O. The van der Waals surface area contributed by atoms with Crippen molar-refractivity contribution < 1.29 is 4.74 Å². The van der Waals surface area contributed by atoms with E-state index < -0.39 is 0 Å². The van der Waals surface area contributed by atoms with E-state index in [0.29, 0.717) is 12.2 Å². The molecule has 2 rings (SSSR count). The van der Waals surface area contributed by atoms with Crippen molar-refractivity contribution in [2.24, 2.45) is 0 Å². The van der Waals surface area contributed by atoms with Gasteiger partial charge in [0.05, 0.1) is 12.5 Å². The highest BCUT2D eigenvalue weighted by atomic mass is 35.5. The van der Waals surface area contributed by atoms with E-state index in [0.717, 1.165) is 11.3 Å². The predicted molar refractivity (Wildman–Crippen MR) is 67.3 cm³/mol. The first-order valence-corrected chi connectivity index (χ1v) is 5.77. The standard InChI is InChI=1S/C13H13ClN2O/c1-17-11-5-3-10(4-6-11)9-12(14)13-15-7-2-8-16-13/h2-8,12H,9H2,1H3. The zero-order valence-electron chi connectivity index (χ0n) is 9.51. The quantitative estimate of drug-likeness (QED) is 0.781. The van der Waals surface area contributed by atoms with E-state index in [1.807, 2.05) is 24.3 Å². The summed E-state index contributed by atoms with van der Waals surface area (Å²) >= 11 is 6.26. The minimum atomic E-state index is -0.204. The van der Waals surface area contributed by atoms with Gasteiger partial charge in [0, 0.05) is 12.4 Å². The van der Waals surface area contributed by atoms with Gasteiger partial charge in [-0.2, -0.15) is 0 Å². The maximum Gasteiger partial charge on any atom is 0.146 e. The van der Waals surface area contributed by atoms with Crippen molar-refractivity contribution in [3.8, 4) is 5.75 Å². The summed E-state index contributed by atoms with van der Waals surface area (Å²) in [5, 5.41) is -0.204. The van der Waals surface area contributed by atoms with Crippen LogP contribution in [-0.2, 0) is 6.42 Å². The van der Waals surface area contributed by atoms with Gasteiger partial charge in [-0.25, -0.2) is 9.97 Å². The highest BCUT2D eigenvalue weighted by molar-refractivity contribution is 6.20. The number of hydrogen-bond donors (Lipinski definition) is 0. The van der Waals surface area contributed by atoms with Gasteiger partial charge in [0.25, 0.3) is 0 Å². The lowest BCUT2D eigenvalue weighted by molar-refractivity contribution is 0.414. The molecule has 17 heavy (non-hydrogen) atoms. The van der Waals surface area contributed by atoms with Crippen molar-refractivity contribution in [1.29, 1.82) is 0 Å². The molecule has 4 heteroatoms. The summed E-state index contributed by atoms with van der Waals surface area (Å²) < 4.78 is 5.10. The molecule has 0 radical (unpaired) electrons. The van der Waals surface area contributed by atoms with Crippen molar-refractivity contribution in [2.75, 3.05) is 7.11 Å². The van der Waals surface area contributed by atoms with Gasteiger partial charge in [0.15, 0.2) is 0 Å². The molecule has 0 N–H and O–H groups in total. The first-order valence-electron chi connectivity index (χ1n) is 5.33. The molecule has 0 amide bonds. The minimum absolute atomic E-state index is 0.204. The van der Waals surface area contributed by atoms with Crippen molar-refractivity contribution in [1.82, 2.24) is 9.97 Å². The lowest BCUT2D eigenvalue weighted by atomic mass is 10.1. The molecule has 1 unspecified atom stereocenters. The number of rotatable bonds is 4. The van der Waals surface area contributed by atoms with Crippen LogP contribution in [-0.4, -0.2) is 17.1 Å². The molecule has 2 aromatic rings. The molecule has 1 aromatic carbocycles. The second-order valence-electron chi connectivity index (χ2n) is 3.63. The average Bonchev–Trinajstić information content (AvgIpc) is 2.40. The fraction of sp³-hybridized carbons (Fsp3) is 0.231. The molecule has 0 saturated carbocycles. The molecule has 0 aliphatic rings. The fourth-order valence-electron chi connectivity index (χ4n) is 1.53. The van der Waals surface area contributed by atoms with Crippen LogP contribution in [0.3, 0.4) is 0 Å². The summed E-state index contributed by atoms with van der Waals surface area (Å²) in [4.78, 5) is 8.28. The molecule has 0 bridgehead atoms. The van der Waals surface area contributed by atoms with Crippen LogP contribution in [0.5, 0.6) is 5.75 Å². The molecule has 0 aliphatic carbocycles. The Labute approximate surface area is 105 Å². The van der Waals surface area contributed by atoms with Crippen molar-refractivity contribution in [3.63, 3.8) is 0 Å². The number of hydrogen-bond acceptors (Lipinski definition) is 3. The number of benzene rings is 1. The molecule has 0 spiro atoms. The number of ether oxygens (including phenoxy) is 1. The van der Waals surface area contributed by atoms with Crippen LogP contribution in [0.4, 0.5) is 0 Å². The first kappa shape index (κ1) is 11.9. The van der Waals surface area contributed by atoms with Gasteiger partial charge in [-0.3, -0.25) is 0 Å². The predicted octanol–water partition coefficient (Wildman–Crippen LogP) is 3.01. The Hall–Kier alpha value is -1.61. The van der Waals surface area contributed by atoms with Crippen LogP contribution in [0.15, 0.2) is 42.7 Å². The lowest BCUT2D eigenvalue weighted by Gasteiger charge is -2.08. The van der Waals surface area contributed by atoms with Gasteiger partial charge in [-0.05, 0) is 30.2 Å². The van der Waals surface area contributed by atoms with E-state index in [2.05, 4.69) is 9.97 Å². The van der Waals surface area contributed by atoms with Crippen molar-refractivity contribution >= 4 is 11.6 Å². The van der Waals surface area contributed by atoms with E-state index in [-0.39, 0.29) is 5.38 Å². The van der Waals surface area contributed by atoms with Gasteiger partial charge >= 0.3 is 0 Å². The van der Waals surface area contributed by atoms with E-state index >= 15 is 0 Å². The summed E-state index contributed by atoms with van der Waals surface area (Å²) in [5.41, 5.74) is 1.14. The Bertz CT molecular complexity index is 459. The number of aromatic nitrogens is 2. The highest BCUT2D eigenvalue weighted by Gasteiger charge is 2.11. The minimum Gasteiger partial charge on any atom is -0.497 e. The first-order chi connectivity index (χ1) is 8.29. The summed E-state index contributed by atoms with van der Waals surface area (Å²) in [5.74, 6) is 1.50. The smallest absolute Gasteiger partial charge is 0.146 e. The van der Waals surface area contributed by atoms with Gasteiger partial charge in [0.2, 0.25) is 0 Å². The Morgan fingerprint density at radius 3 is 2.41 bits per heavy atom. The monoisotopic (exact) mass is 248 g/mol. The molecule has 88 valence electrons. The van der Waals surface area contributed by atoms with E-state index in [9.17, 15) is 0 Å². The molecule has 1 atom stereocenters. The Morgan fingerprint density at radius 1 is 1.18 bits per heavy atom. The zero-order valence-corrected chi connectivity index (χ0v) is 10.3. The zero-order chi connectivity index (χ0) is 12.1. The molecule has 1 aromatic heterocycles. The summed E-state index contributed by atoms with van der Waals surface area (Å²) in [7, 11) is 1.65. The summed E-state index contributed by atoms with van der Waals surface area (Å²) in [6.45, 7) is 0. The Kier molecular flexibility index (Phi) is 3.94. The molecular weight excluding hydrogens is 236 g/mol. The maximum absolute atomic E-state index is 6.26. The van der Waals surface area contributed by atoms with E-state index in [4.69, 9.17) is 16.3 Å². The normalized spacial score (nSPS) is 12.1. The molecule has 0 aliphatic heterocycles.